The molecule has 4 rings (SSSR count). The minimum Gasteiger partial charge on any atom is -0.492 e. The quantitative estimate of drug-likeness (QED) is 0.779. The Hall–Kier alpha value is -2.66. The van der Waals surface area contributed by atoms with Crippen LogP contribution in [0.15, 0.2) is 54.6 Å². The molecular weight excluding hydrogens is 312 g/mol. The summed E-state index contributed by atoms with van der Waals surface area (Å²) in [6.45, 7) is 3.22. The third-order valence-corrected chi connectivity index (χ3v) is 4.46. The average Bonchev–Trinajstić information content (AvgIpc) is 2.99. The van der Waals surface area contributed by atoms with Gasteiger partial charge >= 0.3 is 0 Å². The number of hydrogen-bond acceptors (Lipinski definition) is 4. The van der Waals surface area contributed by atoms with E-state index in [1.165, 1.54) is 11.1 Å². The maximum Gasteiger partial charge on any atom is 0.151 e. The zero-order valence-electron chi connectivity index (χ0n) is 14.2. The molecule has 1 aliphatic heterocycles. The number of para-hydroxylation sites is 1. The van der Waals surface area contributed by atoms with Crippen LogP contribution in [0.3, 0.4) is 0 Å². The Morgan fingerprint density at radius 2 is 1.84 bits per heavy atom. The number of ether oxygens (including phenoxy) is 1. The first kappa shape index (κ1) is 15.8. The van der Waals surface area contributed by atoms with Gasteiger partial charge in [-0.25, -0.2) is 4.98 Å². The van der Waals surface area contributed by atoms with Crippen molar-refractivity contribution < 1.29 is 4.74 Å². The van der Waals surface area contributed by atoms with E-state index in [1.54, 1.807) is 0 Å². The maximum absolute atomic E-state index is 5.82. The highest BCUT2D eigenvalue weighted by molar-refractivity contribution is 5.33. The van der Waals surface area contributed by atoms with Gasteiger partial charge in [-0.1, -0.05) is 48.5 Å². The van der Waals surface area contributed by atoms with Crippen molar-refractivity contribution in [1.82, 2.24) is 20.1 Å². The molecule has 0 saturated carbocycles. The van der Waals surface area contributed by atoms with Crippen LogP contribution in [0.2, 0.25) is 0 Å². The van der Waals surface area contributed by atoms with E-state index in [-0.39, 0.29) is 0 Å². The molecule has 128 valence electrons. The van der Waals surface area contributed by atoms with Crippen LogP contribution in [-0.4, -0.2) is 33.2 Å². The predicted octanol–water partition coefficient (Wildman–Crippen LogP) is 2.98. The minimum atomic E-state index is 0.700. The molecule has 0 spiro atoms. The molecule has 0 radical (unpaired) electrons. The standard InChI is InChI=1S/C20H22N4O/c1-2-6-16(7-3-1)10-11-19-21-20(23-22-19)15-24-12-13-25-18-9-5-4-8-17(18)14-24/h1-9H,10-15H2,(H,21,22,23). The van der Waals surface area contributed by atoms with Crippen LogP contribution in [0.1, 0.15) is 22.8 Å². The van der Waals surface area contributed by atoms with Gasteiger partial charge in [-0.3, -0.25) is 10.00 Å². The van der Waals surface area contributed by atoms with Gasteiger partial charge in [0.05, 0.1) is 6.54 Å². The normalized spacial score (nSPS) is 14.6. The van der Waals surface area contributed by atoms with Crippen molar-refractivity contribution in [2.24, 2.45) is 0 Å². The summed E-state index contributed by atoms with van der Waals surface area (Å²) in [7, 11) is 0. The molecule has 0 bridgehead atoms. The molecule has 3 aromatic rings. The molecule has 5 heteroatoms. The predicted molar refractivity (Wildman–Crippen MR) is 96.3 cm³/mol. The molecule has 0 fully saturated rings. The zero-order chi connectivity index (χ0) is 16.9. The van der Waals surface area contributed by atoms with Crippen molar-refractivity contribution in [1.29, 1.82) is 0 Å². The van der Waals surface area contributed by atoms with Crippen molar-refractivity contribution in [2.75, 3.05) is 13.2 Å². The molecule has 25 heavy (non-hydrogen) atoms. The smallest absolute Gasteiger partial charge is 0.151 e. The Balaban J connectivity index is 1.36. The Kier molecular flexibility index (Phi) is 4.74. The molecule has 0 unspecified atom stereocenters. The molecule has 1 aliphatic rings. The summed E-state index contributed by atoms with van der Waals surface area (Å²) < 4.78 is 5.82. The number of aromatic amines is 1. The van der Waals surface area contributed by atoms with E-state index in [1.807, 2.05) is 18.2 Å². The summed E-state index contributed by atoms with van der Waals surface area (Å²) in [5, 5.41) is 7.46. The van der Waals surface area contributed by atoms with E-state index < -0.39 is 0 Å². The lowest BCUT2D eigenvalue weighted by molar-refractivity contribution is 0.216. The third kappa shape index (κ3) is 4.06. The molecular formula is C20H22N4O. The van der Waals surface area contributed by atoms with Gasteiger partial charge in [-0.15, -0.1) is 0 Å². The van der Waals surface area contributed by atoms with Crippen LogP contribution in [0.4, 0.5) is 0 Å². The van der Waals surface area contributed by atoms with E-state index in [0.717, 1.165) is 49.9 Å². The number of fused-ring (bicyclic) bond motifs is 1. The molecule has 2 aromatic carbocycles. The molecule has 5 nitrogen and oxygen atoms in total. The number of hydrogen-bond donors (Lipinski definition) is 1. The van der Waals surface area contributed by atoms with Gasteiger partial charge in [-0.2, -0.15) is 5.10 Å². The van der Waals surface area contributed by atoms with Crippen LogP contribution < -0.4 is 4.74 Å². The summed E-state index contributed by atoms with van der Waals surface area (Å²) in [6, 6.07) is 18.7. The summed E-state index contributed by atoms with van der Waals surface area (Å²) in [5.41, 5.74) is 2.54. The lowest BCUT2D eigenvalue weighted by atomic mass is 10.1. The molecule has 0 aliphatic carbocycles. The first-order chi connectivity index (χ1) is 12.4. The Morgan fingerprint density at radius 1 is 1.00 bits per heavy atom. The molecule has 0 atom stereocenters. The number of nitrogens with zero attached hydrogens (tertiary/aromatic N) is 3. The number of benzene rings is 2. The van der Waals surface area contributed by atoms with Gasteiger partial charge in [0.2, 0.25) is 0 Å². The summed E-state index contributed by atoms with van der Waals surface area (Å²) in [5.74, 6) is 2.79. The van der Waals surface area contributed by atoms with Gasteiger partial charge < -0.3 is 4.74 Å². The lowest BCUT2D eigenvalue weighted by Gasteiger charge is -2.17. The van der Waals surface area contributed by atoms with Crippen LogP contribution in [0.5, 0.6) is 5.75 Å². The van der Waals surface area contributed by atoms with E-state index in [2.05, 4.69) is 56.5 Å². The van der Waals surface area contributed by atoms with Crippen LogP contribution >= 0.6 is 0 Å². The number of aromatic nitrogens is 3. The van der Waals surface area contributed by atoms with Crippen LogP contribution in [0.25, 0.3) is 0 Å². The largest absolute Gasteiger partial charge is 0.492 e. The third-order valence-electron chi connectivity index (χ3n) is 4.46. The lowest BCUT2D eigenvalue weighted by Crippen LogP contribution is -2.25. The van der Waals surface area contributed by atoms with Gasteiger partial charge in [0.1, 0.15) is 18.2 Å². The fourth-order valence-corrected chi connectivity index (χ4v) is 3.14. The van der Waals surface area contributed by atoms with E-state index in [4.69, 9.17) is 4.74 Å². The van der Waals surface area contributed by atoms with Crippen molar-refractivity contribution in [3.05, 3.63) is 77.4 Å². The molecule has 0 amide bonds. The van der Waals surface area contributed by atoms with Gasteiger partial charge in [-0.05, 0) is 18.1 Å². The average molecular weight is 334 g/mol. The van der Waals surface area contributed by atoms with Gasteiger partial charge in [0, 0.05) is 25.1 Å². The highest BCUT2D eigenvalue weighted by Gasteiger charge is 2.16. The monoisotopic (exact) mass is 334 g/mol. The first-order valence-electron chi connectivity index (χ1n) is 8.74. The minimum absolute atomic E-state index is 0.700. The second kappa shape index (κ2) is 7.49. The van der Waals surface area contributed by atoms with E-state index in [0.29, 0.717) is 6.61 Å². The van der Waals surface area contributed by atoms with Crippen LogP contribution in [-0.2, 0) is 25.9 Å². The van der Waals surface area contributed by atoms with Gasteiger partial charge in [0.25, 0.3) is 0 Å². The van der Waals surface area contributed by atoms with Crippen molar-refractivity contribution in [3.8, 4) is 5.75 Å². The maximum atomic E-state index is 5.82. The second-order valence-corrected chi connectivity index (χ2v) is 6.35. The zero-order valence-corrected chi connectivity index (χ0v) is 14.2. The molecule has 2 heterocycles. The van der Waals surface area contributed by atoms with E-state index in [9.17, 15) is 0 Å². The fraction of sp³-hybridized carbons (Fsp3) is 0.300. The van der Waals surface area contributed by atoms with Crippen molar-refractivity contribution in [3.63, 3.8) is 0 Å². The van der Waals surface area contributed by atoms with E-state index >= 15 is 0 Å². The van der Waals surface area contributed by atoms with Crippen molar-refractivity contribution >= 4 is 0 Å². The molecule has 0 saturated heterocycles. The molecule has 1 aromatic heterocycles. The Labute approximate surface area is 147 Å². The highest BCUT2D eigenvalue weighted by atomic mass is 16.5. The summed E-state index contributed by atoms with van der Waals surface area (Å²) in [4.78, 5) is 7.00. The topological polar surface area (TPSA) is 54.0 Å². The Bertz CT molecular complexity index is 815. The SMILES string of the molecule is c1ccc(CCc2n[nH]c(CN3CCOc4ccccc4C3)n2)cc1. The number of nitrogens with one attached hydrogen (secondary N) is 1. The fourth-order valence-electron chi connectivity index (χ4n) is 3.14. The van der Waals surface area contributed by atoms with Crippen molar-refractivity contribution in [2.45, 2.75) is 25.9 Å². The van der Waals surface area contributed by atoms with Gasteiger partial charge in [0.15, 0.2) is 5.82 Å². The number of aryl methyl sites for hydroxylation is 2. The first-order valence-corrected chi connectivity index (χ1v) is 8.74. The highest BCUT2D eigenvalue weighted by Crippen LogP contribution is 2.22. The Morgan fingerprint density at radius 3 is 2.76 bits per heavy atom. The summed E-state index contributed by atoms with van der Waals surface area (Å²) >= 11 is 0. The molecule has 1 N–H and O–H groups in total. The number of H-pyrrole nitrogens is 1. The number of rotatable bonds is 5. The van der Waals surface area contributed by atoms with Crippen LogP contribution in [0, 0.1) is 0 Å². The second-order valence-electron chi connectivity index (χ2n) is 6.35. The summed E-state index contributed by atoms with van der Waals surface area (Å²) in [6.07, 6.45) is 1.82.